The number of Topliss-reactive ketones (excluding diaryl/α,β-unsaturated/α-hetero) is 1. The molecule has 0 aliphatic rings. The van der Waals surface area contributed by atoms with Crippen LogP contribution < -0.4 is 9.47 Å². The van der Waals surface area contributed by atoms with Gasteiger partial charge in [-0.05, 0) is 84.8 Å². The van der Waals surface area contributed by atoms with Crippen molar-refractivity contribution in [2.75, 3.05) is 6.61 Å². The third-order valence-corrected chi connectivity index (χ3v) is 6.88. The molecule has 0 saturated heterocycles. The number of ketones is 1. The Hall–Kier alpha value is -4.37. The number of hydrogen-bond donors (Lipinski definition) is 0. The first kappa shape index (κ1) is 32.1. The number of carbonyl (C=O) groups excluding carboxylic acids is 3. The molecule has 6 heteroatoms. The van der Waals surface area contributed by atoms with Gasteiger partial charge in [-0.25, -0.2) is 9.59 Å². The molecule has 0 heterocycles. The molecule has 6 nitrogen and oxygen atoms in total. The Morgan fingerprint density at radius 2 is 1.19 bits per heavy atom. The van der Waals surface area contributed by atoms with E-state index in [0.29, 0.717) is 12.0 Å². The van der Waals surface area contributed by atoms with Gasteiger partial charge in [0.15, 0.2) is 6.10 Å². The maximum Gasteiger partial charge on any atom is 0.343 e. The number of hydrogen-bond acceptors (Lipinski definition) is 6. The van der Waals surface area contributed by atoms with E-state index in [0.717, 1.165) is 49.2 Å². The number of benzene rings is 3. The fraction of sp³-hybridized carbons (Fsp3) is 0.361. The van der Waals surface area contributed by atoms with Crippen molar-refractivity contribution in [2.24, 2.45) is 0 Å². The van der Waals surface area contributed by atoms with E-state index in [4.69, 9.17) is 20.6 Å². The van der Waals surface area contributed by atoms with Crippen molar-refractivity contribution in [3.63, 3.8) is 0 Å². The second kappa shape index (κ2) is 17.4. The molecule has 1 atom stereocenters. The standard InChI is InChI=1S/C36H40O6/c1-4-7-9-10-12-26-40-31-22-18-28(19-23-31)27-14-16-29(17-15-27)35(38)41-32-24-20-30(21-25-32)36(39)42-34(33(37)6-3)13-11-8-5-2/h3,14-25,34H,4-5,7-13,26H2,1-2H3. The zero-order chi connectivity index (χ0) is 30.2. The molecule has 3 aromatic carbocycles. The Balaban J connectivity index is 1.51. The van der Waals surface area contributed by atoms with E-state index in [1.54, 1.807) is 12.1 Å². The minimum atomic E-state index is -0.967. The molecule has 0 bridgehead atoms. The summed E-state index contributed by atoms with van der Waals surface area (Å²) in [5.41, 5.74) is 2.61. The van der Waals surface area contributed by atoms with E-state index in [1.165, 1.54) is 49.9 Å². The lowest BCUT2D eigenvalue weighted by Gasteiger charge is -2.14. The molecule has 0 spiro atoms. The number of terminal acetylenes is 1. The van der Waals surface area contributed by atoms with Crippen LogP contribution >= 0.6 is 0 Å². The van der Waals surface area contributed by atoms with Crippen LogP contribution in [0.5, 0.6) is 11.5 Å². The Morgan fingerprint density at radius 3 is 1.81 bits per heavy atom. The molecule has 0 aromatic heterocycles. The number of carbonyl (C=O) groups is 3. The topological polar surface area (TPSA) is 78.9 Å². The van der Waals surface area contributed by atoms with Gasteiger partial charge in [-0.1, -0.05) is 76.6 Å². The highest BCUT2D eigenvalue weighted by Gasteiger charge is 2.22. The first-order valence-electron chi connectivity index (χ1n) is 14.8. The summed E-state index contributed by atoms with van der Waals surface area (Å²) in [5.74, 6) is 1.45. The quantitative estimate of drug-likeness (QED) is 0.0537. The highest BCUT2D eigenvalue weighted by atomic mass is 16.5. The van der Waals surface area contributed by atoms with Gasteiger partial charge in [0.05, 0.1) is 17.7 Å². The summed E-state index contributed by atoms with van der Waals surface area (Å²) < 4.78 is 16.7. The summed E-state index contributed by atoms with van der Waals surface area (Å²) >= 11 is 0. The Bertz CT molecular complexity index is 1320. The largest absolute Gasteiger partial charge is 0.494 e. The minimum Gasteiger partial charge on any atom is -0.494 e. The fourth-order valence-corrected chi connectivity index (χ4v) is 4.38. The summed E-state index contributed by atoms with van der Waals surface area (Å²) in [6, 6.07) is 21.1. The van der Waals surface area contributed by atoms with Gasteiger partial charge in [-0.3, -0.25) is 4.79 Å². The summed E-state index contributed by atoms with van der Waals surface area (Å²) in [5, 5.41) is 0. The SMILES string of the molecule is C#CC(=O)C(CCCCC)OC(=O)c1ccc(OC(=O)c2ccc(-c3ccc(OCCCCCCC)cc3)cc2)cc1. The monoisotopic (exact) mass is 568 g/mol. The van der Waals surface area contributed by atoms with Crippen LogP contribution in [0, 0.1) is 12.3 Å². The van der Waals surface area contributed by atoms with Crippen LogP contribution in [0.3, 0.4) is 0 Å². The molecular formula is C36H40O6. The molecule has 0 saturated carbocycles. The van der Waals surface area contributed by atoms with Crippen LogP contribution in [0.2, 0.25) is 0 Å². The van der Waals surface area contributed by atoms with Crippen LogP contribution in [0.4, 0.5) is 0 Å². The lowest BCUT2D eigenvalue weighted by Crippen LogP contribution is -2.26. The molecule has 0 aliphatic carbocycles. The summed E-state index contributed by atoms with van der Waals surface area (Å²) in [4.78, 5) is 37.3. The molecule has 0 aliphatic heterocycles. The Kier molecular flexibility index (Phi) is 13.4. The van der Waals surface area contributed by atoms with Crippen molar-refractivity contribution in [1.82, 2.24) is 0 Å². The predicted octanol–water partition coefficient (Wildman–Crippen LogP) is 8.23. The van der Waals surface area contributed by atoms with Crippen molar-refractivity contribution in [1.29, 1.82) is 0 Å². The van der Waals surface area contributed by atoms with Crippen molar-refractivity contribution in [2.45, 2.75) is 77.7 Å². The molecule has 1 unspecified atom stereocenters. The van der Waals surface area contributed by atoms with Gasteiger partial charge < -0.3 is 14.2 Å². The lowest BCUT2D eigenvalue weighted by molar-refractivity contribution is -0.122. The van der Waals surface area contributed by atoms with E-state index in [2.05, 4.69) is 6.92 Å². The van der Waals surface area contributed by atoms with Crippen LogP contribution in [0.15, 0.2) is 72.8 Å². The van der Waals surface area contributed by atoms with Crippen molar-refractivity contribution in [3.05, 3.63) is 83.9 Å². The molecule has 0 fully saturated rings. The minimum absolute atomic E-state index is 0.229. The zero-order valence-electron chi connectivity index (χ0n) is 24.6. The molecule has 0 N–H and O–H groups in total. The maximum atomic E-state index is 12.7. The van der Waals surface area contributed by atoms with E-state index in [-0.39, 0.29) is 11.3 Å². The number of esters is 2. The van der Waals surface area contributed by atoms with E-state index in [1.807, 2.05) is 49.2 Å². The number of unbranched alkanes of at least 4 members (excludes halogenated alkanes) is 6. The normalized spacial score (nSPS) is 11.3. The van der Waals surface area contributed by atoms with Gasteiger partial charge in [0.2, 0.25) is 5.78 Å². The number of rotatable bonds is 17. The van der Waals surface area contributed by atoms with Crippen LogP contribution in [-0.4, -0.2) is 30.4 Å². The third-order valence-electron chi connectivity index (χ3n) is 6.88. The molecular weight excluding hydrogens is 528 g/mol. The lowest BCUT2D eigenvalue weighted by atomic mass is 10.0. The summed E-state index contributed by atoms with van der Waals surface area (Å²) in [6.07, 6.45) is 13.3. The van der Waals surface area contributed by atoms with E-state index in [9.17, 15) is 14.4 Å². The average molecular weight is 569 g/mol. The zero-order valence-corrected chi connectivity index (χ0v) is 24.6. The highest BCUT2D eigenvalue weighted by Crippen LogP contribution is 2.24. The van der Waals surface area contributed by atoms with Gasteiger partial charge >= 0.3 is 11.9 Å². The first-order chi connectivity index (χ1) is 20.4. The fourth-order valence-electron chi connectivity index (χ4n) is 4.38. The number of ether oxygens (including phenoxy) is 3. The Labute approximate surface area is 249 Å². The van der Waals surface area contributed by atoms with Crippen LogP contribution in [-0.2, 0) is 9.53 Å². The second-order valence-corrected chi connectivity index (χ2v) is 10.2. The third kappa shape index (κ3) is 10.2. The molecule has 0 radical (unpaired) electrons. The van der Waals surface area contributed by atoms with E-state index >= 15 is 0 Å². The van der Waals surface area contributed by atoms with Crippen LogP contribution in [0.1, 0.15) is 92.4 Å². The van der Waals surface area contributed by atoms with Crippen molar-refractivity contribution in [3.8, 4) is 35.0 Å². The van der Waals surface area contributed by atoms with Gasteiger partial charge in [0.1, 0.15) is 11.5 Å². The summed E-state index contributed by atoms with van der Waals surface area (Å²) in [7, 11) is 0. The first-order valence-corrected chi connectivity index (χ1v) is 14.8. The van der Waals surface area contributed by atoms with Gasteiger partial charge in [-0.2, -0.15) is 0 Å². The summed E-state index contributed by atoms with van der Waals surface area (Å²) in [6.45, 7) is 4.97. The molecule has 42 heavy (non-hydrogen) atoms. The highest BCUT2D eigenvalue weighted by molar-refractivity contribution is 6.01. The van der Waals surface area contributed by atoms with Crippen molar-refractivity contribution < 1.29 is 28.6 Å². The van der Waals surface area contributed by atoms with Gasteiger partial charge in [0.25, 0.3) is 0 Å². The van der Waals surface area contributed by atoms with Crippen LogP contribution in [0.25, 0.3) is 11.1 Å². The molecule has 220 valence electrons. The average Bonchev–Trinajstić information content (AvgIpc) is 3.02. The second-order valence-electron chi connectivity index (χ2n) is 10.2. The molecule has 3 aromatic rings. The predicted molar refractivity (Wildman–Crippen MR) is 165 cm³/mol. The van der Waals surface area contributed by atoms with E-state index < -0.39 is 23.8 Å². The Morgan fingerprint density at radius 1 is 0.667 bits per heavy atom. The van der Waals surface area contributed by atoms with Gasteiger partial charge in [0, 0.05) is 0 Å². The van der Waals surface area contributed by atoms with Crippen molar-refractivity contribution >= 4 is 17.7 Å². The molecule has 0 amide bonds. The van der Waals surface area contributed by atoms with Gasteiger partial charge in [-0.15, -0.1) is 6.42 Å². The molecule has 3 rings (SSSR count). The smallest absolute Gasteiger partial charge is 0.343 e. The maximum absolute atomic E-state index is 12.7.